The van der Waals surface area contributed by atoms with Crippen LogP contribution in [0, 0.1) is 19.8 Å². The Bertz CT molecular complexity index is 394. The van der Waals surface area contributed by atoms with Crippen molar-refractivity contribution < 1.29 is 9.84 Å². The molecule has 0 spiro atoms. The molecule has 100 valence electrons. The molecule has 3 nitrogen and oxygen atoms in total. The Labute approximate surface area is 109 Å². The van der Waals surface area contributed by atoms with Gasteiger partial charge in [-0.2, -0.15) is 0 Å². The Hall–Kier alpha value is -1.06. The summed E-state index contributed by atoms with van der Waals surface area (Å²) in [6, 6.07) is 4.65. The van der Waals surface area contributed by atoms with Crippen LogP contribution < -0.4 is 5.32 Å². The first kappa shape index (κ1) is 13.4. The van der Waals surface area contributed by atoms with Crippen molar-refractivity contribution in [1.29, 1.82) is 0 Å². The fourth-order valence-electron chi connectivity index (χ4n) is 2.58. The standard InChI is InChI=1S/C15H23NO2/c1-10-6-13(7-11(2)15(10)17)8-16-14-4-5-18-9-12(14)3/h6-7,12,14,16-17H,4-5,8-9H2,1-3H3. The zero-order valence-electron chi connectivity index (χ0n) is 11.5. The maximum absolute atomic E-state index is 9.75. The van der Waals surface area contributed by atoms with Crippen molar-refractivity contribution in [2.24, 2.45) is 5.92 Å². The highest BCUT2D eigenvalue weighted by Crippen LogP contribution is 2.23. The van der Waals surface area contributed by atoms with Crippen LogP contribution in [0.15, 0.2) is 12.1 Å². The zero-order chi connectivity index (χ0) is 13.1. The van der Waals surface area contributed by atoms with E-state index in [-0.39, 0.29) is 0 Å². The van der Waals surface area contributed by atoms with Crippen molar-refractivity contribution >= 4 is 0 Å². The molecule has 0 saturated carbocycles. The molecule has 18 heavy (non-hydrogen) atoms. The van der Waals surface area contributed by atoms with Crippen LogP contribution in [0.1, 0.15) is 30.0 Å². The third kappa shape index (κ3) is 3.03. The first-order valence-corrected chi connectivity index (χ1v) is 6.68. The van der Waals surface area contributed by atoms with Crippen LogP contribution in [0.4, 0.5) is 0 Å². The Morgan fingerprint density at radius 3 is 2.61 bits per heavy atom. The summed E-state index contributed by atoms with van der Waals surface area (Å²) >= 11 is 0. The van der Waals surface area contributed by atoms with E-state index < -0.39 is 0 Å². The molecule has 1 aliphatic heterocycles. The molecule has 2 atom stereocenters. The monoisotopic (exact) mass is 249 g/mol. The molecule has 3 heteroatoms. The average molecular weight is 249 g/mol. The summed E-state index contributed by atoms with van der Waals surface area (Å²) in [6.45, 7) is 8.69. The van der Waals surface area contributed by atoms with Gasteiger partial charge in [0.2, 0.25) is 0 Å². The fraction of sp³-hybridized carbons (Fsp3) is 0.600. The third-order valence-corrected chi connectivity index (χ3v) is 3.76. The first-order valence-electron chi connectivity index (χ1n) is 6.68. The van der Waals surface area contributed by atoms with Gasteiger partial charge in [-0.3, -0.25) is 0 Å². The Kier molecular flexibility index (Phi) is 4.25. The lowest BCUT2D eigenvalue weighted by molar-refractivity contribution is 0.0386. The van der Waals surface area contributed by atoms with E-state index in [0.29, 0.717) is 17.7 Å². The maximum atomic E-state index is 9.75. The lowest BCUT2D eigenvalue weighted by Crippen LogP contribution is -2.41. The number of ether oxygens (including phenoxy) is 1. The normalized spacial score (nSPS) is 24.2. The minimum absolute atomic E-state index is 0.415. The maximum Gasteiger partial charge on any atom is 0.121 e. The molecule has 2 rings (SSSR count). The van der Waals surface area contributed by atoms with E-state index in [1.807, 2.05) is 13.8 Å². The number of aryl methyl sites for hydroxylation is 2. The van der Waals surface area contributed by atoms with Gasteiger partial charge in [-0.05, 0) is 42.9 Å². The van der Waals surface area contributed by atoms with Crippen molar-refractivity contribution in [2.45, 2.75) is 39.8 Å². The summed E-state index contributed by atoms with van der Waals surface area (Å²) in [6.07, 6.45) is 1.08. The number of rotatable bonds is 3. The number of hydrogen-bond acceptors (Lipinski definition) is 3. The number of phenols is 1. The third-order valence-electron chi connectivity index (χ3n) is 3.76. The van der Waals surface area contributed by atoms with Gasteiger partial charge in [0.15, 0.2) is 0 Å². The SMILES string of the molecule is Cc1cc(CNC2CCOCC2C)cc(C)c1O. The topological polar surface area (TPSA) is 41.5 Å². The number of aromatic hydroxyl groups is 1. The van der Waals surface area contributed by atoms with Crippen molar-refractivity contribution in [2.75, 3.05) is 13.2 Å². The molecule has 0 bridgehead atoms. The van der Waals surface area contributed by atoms with Gasteiger partial charge < -0.3 is 15.2 Å². The zero-order valence-corrected chi connectivity index (χ0v) is 11.5. The molecule has 1 heterocycles. The van der Waals surface area contributed by atoms with E-state index >= 15 is 0 Å². The molecule has 0 aromatic heterocycles. The average Bonchev–Trinajstić information content (AvgIpc) is 2.35. The van der Waals surface area contributed by atoms with Gasteiger partial charge in [0, 0.05) is 19.2 Å². The highest BCUT2D eigenvalue weighted by molar-refractivity contribution is 5.42. The van der Waals surface area contributed by atoms with Gasteiger partial charge in [-0.25, -0.2) is 0 Å². The van der Waals surface area contributed by atoms with E-state index in [9.17, 15) is 5.11 Å². The van der Waals surface area contributed by atoms with Crippen LogP contribution in [-0.2, 0) is 11.3 Å². The summed E-state index contributed by atoms with van der Waals surface area (Å²) < 4.78 is 5.44. The van der Waals surface area contributed by atoms with Crippen LogP contribution in [0.3, 0.4) is 0 Å². The summed E-state index contributed by atoms with van der Waals surface area (Å²) in [4.78, 5) is 0. The number of nitrogens with one attached hydrogen (secondary N) is 1. The Morgan fingerprint density at radius 1 is 1.33 bits per heavy atom. The van der Waals surface area contributed by atoms with Gasteiger partial charge >= 0.3 is 0 Å². The molecular formula is C15H23NO2. The smallest absolute Gasteiger partial charge is 0.121 e. The Morgan fingerprint density at radius 2 is 2.00 bits per heavy atom. The van der Waals surface area contributed by atoms with E-state index in [2.05, 4.69) is 24.4 Å². The molecule has 0 aliphatic carbocycles. The summed E-state index contributed by atoms with van der Waals surface area (Å²) in [7, 11) is 0. The molecule has 1 saturated heterocycles. The van der Waals surface area contributed by atoms with Crippen LogP contribution in [-0.4, -0.2) is 24.4 Å². The molecule has 1 aromatic rings. The predicted molar refractivity (Wildman–Crippen MR) is 72.8 cm³/mol. The highest BCUT2D eigenvalue weighted by Gasteiger charge is 2.21. The lowest BCUT2D eigenvalue weighted by Gasteiger charge is -2.29. The summed E-state index contributed by atoms with van der Waals surface area (Å²) in [5.74, 6) is 0.983. The molecule has 1 aliphatic rings. The second-order valence-electron chi connectivity index (χ2n) is 5.41. The minimum atomic E-state index is 0.415. The van der Waals surface area contributed by atoms with E-state index in [0.717, 1.165) is 37.3 Å². The van der Waals surface area contributed by atoms with Crippen LogP contribution in [0.2, 0.25) is 0 Å². The largest absolute Gasteiger partial charge is 0.507 e. The van der Waals surface area contributed by atoms with Crippen molar-refractivity contribution in [3.8, 4) is 5.75 Å². The predicted octanol–water partition coefficient (Wildman–Crippen LogP) is 2.52. The molecule has 1 aromatic carbocycles. The van der Waals surface area contributed by atoms with Crippen LogP contribution >= 0.6 is 0 Å². The van der Waals surface area contributed by atoms with Gasteiger partial charge in [0.1, 0.15) is 5.75 Å². The molecule has 2 unspecified atom stereocenters. The minimum Gasteiger partial charge on any atom is -0.507 e. The van der Waals surface area contributed by atoms with Crippen molar-refractivity contribution in [3.63, 3.8) is 0 Å². The number of phenolic OH excluding ortho intramolecular Hbond substituents is 1. The van der Waals surface area contributed by atoms with E-state index in [1.54, 1.807) is 0 Å². The lowest BCUT2D eigenvalue weighted by atomic mass is 9.97. The highest BCUT2D eigenvalue weighted by atomic mass is 16.5. The second kappa shape index (κ2) is 5.72. The summed E-state index contributed by atoms with van der Waals surface area (Å²) in [5, 5.41) is 13.4. The summed E-state index contributed by atoms with van der Waals surface area (Å²) in [5.41, 5.74) is 3.14. The second-order valence-corrected chi connectivity index (χ2v) is 5.41. The first-order chi connectivity index (χ1) is 8.58. The number of hydrogen-bond donors (Lipinski definition) is 2. The van der Waals surface area contributed by atoms with E-state index in [4.69, 9.17) is 4.74 Å². The van der Waals surface area contributed by atoms with Crippen LogP contribution in [0.25, 0.3) is 0 Å². The fourth-order valence-corrected chi connectivity index (χ4v) is 2.58. The van der Waals surface area contributed by atoms with Crippen molar-refractivity contribution in [3.05, 3.63) is 28.8 Å². The van der Waals surface area contributed by atoms with Gasteiger partial charge in [-0.15, -0.1) is 0 Å². The van der Waals surface area contributed by atoms with Crippen molar-refractivity contribution in [1.82, 2.24) is 5.32 Å². The molecule has 2 N–H and O–H groups in total. The molecule has 0 amide bonds. The molecule has 1 fully saturated rings. The van der Waals surface area contributed by atoms with Crippen LogP contribution in [0.5, 0.6) is 5.75 Å². The molecular weight excluding hydrogens is 226 g/mol. The number of benzene rings is 1. The van der Waals surface area contributed by atoms with Gasteiger partial charge in [0.25, 0.3) is 0 Å². The molecule has 0 radical (unpaired) electrons. The van der Waals surface area contributed by atoms with Gasteiger partial charge in [-0.1, -0.05) is 19.1 Å². The van der Waals surface area contributed by atoms with Gasteiger partial charge in [0.05, 0.1) is 6.61 Å². The quantitative estimate of drug-likeness (QED) is 0.865. The van der Waals surface area contributed by atoms with E-state index in [1.165, 1.54) is 5.56 Å². The Balaban J connectivity index is 1.97.